The van der Waals surface area contributed by atoms with E-state index in [9.17, 15) is 0 Å². The summed E-state index contributed by atoms with van der Waals surface area (Å²) in [6, 6.07) is 6.43. The van der Waals surface area contributed by atoms with Crippen LogP contribution in [0.2, 0.25) is 0 Å². The minimum absolute atomic E-state index is 0.181. The topological polar surface area (TPSA) is 37.0 Å². The third-order valence-electron chi connectivity index (χ3n) is 2.95. The first-order valence-electron chi connectivity index (χ1n) is 5.43. The zero-order chi connectivity index (χ0) is 11.0. The van der Waals surface area contributed by atoms with Crippen LogP contribution in [0.1, 0.15) is 11.7 Å². The van der Waals surface area contributed by atoms with Crippen molar-refractivity contribution < 1.29 is 4.74 Å². The molecular weight excluding hydrogens is 268 g/mol. The third-order valence-corrected chi connectivity index (χ3v) is 3.61. The number of hydrogen-bond acceptors (Lipinski definition) is 2. The second-order valence-electron chi connectivity index (χ2n) is 4.01. The first kappa shape index (κ1) is 10.3. The summed E-state index contributed by atoms with van der Waals surface area (Å²) in [6.07, 6.45) is 2.15. The van der Waals surface area contributed by atoms with Gasteiger partial charge in [0.25, 0.3) is 0 Å². The number of H-pyrrole nitrogens is 1. The molecule has 0 bridgehead atoms. The fourth-order valence-electron chi connectivity index (χ4n) is 2.09. The van der Waals surface area contributed by atoms with Gasteiger partial charge in [-0.15, -0.1) is 0 Å². The molecule has 84 valence electrons. The molecule has 1 aromatic heterocycles. The first-order valence-corrected chi connectivity index (χ1v) is 6.23. The van der Waals surface area contributed by atoms with Crippen LogP contribution in [0.15, 0.2) is 28.9 Å². The van der Waals surface area contributed by atoms with E-state index in [1.807, 2.05) is 6.20 Å². The molecule has 1 aliphatic rings. The summed E-state index contributed by atoms with van der Waals surface area (Å²) in [5, 5.41) is 4.56. The van der Waals surface area contributed by atoms with E-state index in [2.05, 4.69) is 44.4 Å². The molecule has 1 unspecified atom stereocenters. The highest BCUT2D eigenvalue weighted by Gasteiger charge is 2.16. The first-order chi connectivity index (χ1) is 7.84. The van der Waals surface area contributed by atoms with Crippen LogP contribution in [-0.4, -0.2) is 24.7 Å². The standard InChI is InChI=1S/C12H13BrN2O/c13-10-6-15-11-5-8(1-2-9(10)11)12-7-14-3-4-16-12/h1-2,5-6,12,14-15H,3-4,7H2. The quantitative estimate of drug-likeness (QED) is 0.843. The number of aromatic amines is 1. The van der Waals surface area contributed by atoms with E-state index >= 15 is 0 Å². The van der Waals surface area contributed by atoms with Crippen molar-refractivity contribution in [1.82, 2.24) is 10.3 Å². The number of fused-ring (bicyclic) bond motifs is 1. The normalized spacial score (nSPS) is 21.4. The Hall–Kier alpha value is -0.840. The fourth-order valence-corrected chi connectivity index (χ4v) is 2.55. The molecule has 0 spiro atoms. The second kappa shape index (κ2) is 4.20. The molecular formula is C12H13BrN2O. The number of nitrogens with one attached hydrogen (secondary N) is 2. The number of hydrogen-bond donors (Lipinski definition) is 2. The van der Waals surface area contributed by atoms with Crippen LogP contribution in [0.3, 0.4) is 0 Å². The summed E-state index contributed by atoms with van der Waals surface area (Å²) in [7, 11) is 0. The van der Waals surface area contributed by atoms with Crippen LogP contribution < -0.4 is 5.32 Å². The Morgan fingerprint density at radius 2 is 2.31 bits per heavy atom. The number of aromatic nitrogens is 1. The molecule has 4 heteroatoms. The maximum Gasteiger partial charge on any atom is 0.0950 e. The molecule has 0 radical (unpaired) electrons. The highest BCUT2D eigenvalue weighted by molar-refractivity contribution is 9.10. The van der Waals surface area contributed by atoms with Gasteiger partial charge in [0.05, 0.1) is 12.7 Å². The summed E-state index contributed by atoms with van der Waals surface area (Å²) in [5.74, 6) is 0. The molecule has 2 heterocycles. The molecule has 0 aliphatic carbocycles. The van der Waals surface area contributed by atoms with Crippen molar-refractivity contribution in [2.24, 2.45) is 0 Å². The molecule has 2 N–H and O–H groups in total. The highest BCUT2D eigenvalue weighted by atomic mass is 79.9. The van der Waals surface area contributed by atoms with Crippen LogP contribution in [0, 0.1) is 0 Å². The van der Waals surface area contributed by atoms with Crippen LogP contribution in [0.5, 0.6) is 0 Å². The number of ether oxygens (including phenoxy) is 1. The minimum Gasteiger partial charge on any atom is -0.371 e. The zero-order valence-electron chi connectivity index (χ0n) is 8.79. The number of rotatable bonds is 1. The van der Waals surface area contributed by atoms with Crippen molar-refractivity contribution in [1.29, 1.82) is 0 Å². The van der Waals surface area contributed by atoms with E-state index in [1.165, 1.54) is 10.9 Å². The van der Waals surface area contributed by atoms with Crippen LogP contribution in [0.25, 0.3) is 10.9 Å². The lowest BCUT2D eigenvalue weighted by molar-refractivity contribution is 0.0278. The van der Waals surface area contributed by atoms with Gasteiger partial charge >= 0.3 is 0 Å². The van der Waals surface area contributed by atoms with E-state index in [4.69, 9.17) is 4.74 Å². The fraction of sp³-hybridized carbons (Fsp3) is 0.333. The number of halogens is 1. The Kier molecular flexibility index (Phi) is 2.71. The van der Waals surface area contributed by atoms with Gasteiger partial charge in [-0.2, -0.15) is 0 Å². The van der Waals surface area contributed by atoms with E-state index in [1.54, 1.807) is 0 Å². The Balaban J connectivity index is 1.97. The van der Waals surface area contributed by atoms with E-state index in [0.717, 1.165) is 29.7 Å². The number of benzene rings is 1. The molecule has 3 nitrogen and oxygen atoms in total. The Labute approximate surface area is 102 Å². The molecule has 3 rings (SSSR count). The molecule has 1 fully saturated rings. The van der Waals surface area contributed by atoms with Gasteiger partial charge in [-0.3, -0.25) is 0 Å². The lowest BCUT2D eigenvalue weighted by atomic mass is 10.1. The van der Waals surface area contributed by atoms with Gasteiger partial charge in [0.1, 0.15) is 0 Å². The molecule has 1 atom stereocenters. The monoisotopic (exact) mass is 280 g/mol. The molecule has 2 aromatic rings. The van der Waals surface area contributed by atoms with Crippen molar-refractivity contribution in [3.8, 4) is 0 Å². The van der Waals surface area contributed by atoms with Crippen molar-refractivity contribution in [3.05, 3.63) is 34.4 Å². The Bertz CT molecular complexity index is 503. The summed E-state index contributed by atoms with van der Waals surface area (Å²) >= 11 is 3.51. The average Bonchev–Trinajstić information content (AvgIpc) is 2.72. The molecule has 1 aliphatic heterocycles. The van der Waals surface area contributed by atoms with Crippen LogP contribution >= 0.6 is 15.9 Å². The molecule has 1 saturated heterocycles. The molecule has 0 amide bonds. The molecule has 1 aromatic carbocycles. The van der Waals surface area contributed by atoms with Gasteiger partial charge in [0, 0.05) is 34.7 Å². The van der Waals surface area contributed by atoms with Crippen molar-refractivity contribution in [3.63, 3.8) is 0 Å². The van der Waals surface area contributed by atoms with Gasteiger partial charge in [0.2, 0.25) is 0 Å². The Morgan fingerprint density at radius 3 is 3.12 bits per heavy atom. The predicted octanol–water partition coefficient (Wildman–Crippen LogP) is 2.59. The summed E-state index contributed by atoms with van der Waals surface area (Å²) in [6.45, 7) is 2.64. The highest BCUT2D eigenvalue weighted by Crippen LogP contribution is 2.27. The van der Waals surface area contributed by atoms with E-state index < -0.39 is 0 Å². The maximum absolute atomic E-state index is 5.73. The second-order valence-corrected chi connectivity index (χ2v) is 4.86. The van der Waals surface area contributed by atoms with Crippen LogP contribution in [-0.2, 0) is 4.74 Å². The predicted molar refractivity (Wildman–Crippen MR) is 67.6 cm³/mol. The van der Waals surface area contributed by atoms with Gasteiger partial charge in [0.15, 0.2) is 0 Å². The van der Waals surface area contributed by atoms with Gasteiger partial charge in [-0.05, 0) is 27.6 Å². The summed E-state index contributed by atoms with van der Waals surface area (Å²) < 4.78 is 6.84. The van der Waals surface area contributed by atoms with Crippen molar-refractivity contribution in [2.75, 3.05) is 19.7 Å². The Morgan fingerprint density at radius 1 is 1.38 bits per heavy atom. The SMILES string of the molecule is Brc1c[nH]c2cc(C3CNCCO3)ccc12. The van der Waals surface area contributed by atoms with Gasteiger partial charge in [-0.1, -0.05) is 12.1 Å². The van der Waals surface area contributed by atoms with E-state index in [0.29, 0.717) is 0 Å². The maximum atomic E-state index is 5.73. The van der Waals surface area contributed by atoms with Crippen molar-refractivity contribution in [2.45, 2.75) is 6.10 Å². The summed E-state index contributed by atoms with van der Waals surface area (Å²) in [5.41, 5.74) is 2.38. The lowest BCUT2D eigenvalue weighted by Crippen LogP contribution is -2.33. The van der Waals surface area contributed by atoms with Gasteiger partial charge in [-0.25, -0.2) is 0 Å². The molecule has 0 saturated carbocycles. The third kappa shape index (κ3) is 1.77. The van der Waals surface area contributed by atoms with Crippen LogP contribution in [0.4, 0.5) is 0 Å². The smallest absolute Gasteiger partial charge is 0.0950 e. The van der Waals surface area contributed by atoms with E-state index in [-0.39, 0.29) is 6.10 Å². The summed E-state index contributed by atoms with van der Waals surface area (Å²) in [4.78, 5) is 3.24. The largest absolute Gasteiger partial charge is 0.371 e. The average molecular weight is 281 g/mol. The zero-order valence-corrected chi connectivity index (χ0v) is 10.4. The van der Waals surface area contributed by atoms with Gasteiger partial charge < -0.3 is 15.0 Å². The van der Waals surface area contributed by atoms with Crippen molar-refractivity contribution >= 4 is 26.8 Å². The number of morpholine rings is 1. The lowest BCUT2D eigenvalue weighted by Gasteiger charge is -2.23. The minimum atomic E-state index is 0.181. The molecule has 16 heavy (non-hydrogen) atoms.